The molecule has 0 saturated carbocycles. The minimum atomic E-state index is 0. The van der Waals surface area contributed by atoms with Crippen LogP contribution >= 0.6 is 35.3 Å². The van der Waals surface area contributed by atoms with Gasteiger partial charge in [0.2, 0.25) is 0 Å². The second-order valence-electron chi connectivity index (χ2n) is 5.25. The molecular weight excluding hydrogens is 433 g/mol. The number of benzene rings is 1. The molecule has 0 aliphatic carbocycles. The Morgan fingerprint density at radius 2 is 1.92 bits per heavy atom. The average molecular weight is 459 g/mol. The summed E-state index contributed by atoms with van der Waals surface area (Å²) < 4.78 is 5.68. The third-order valence-electron chi connectivity index (χ3n) is 3.48. The summed E-state index contributed by atoms with van der Waals surface area (Å²) in [6.45, 7) is 4.59. The lowest BCUT2D eigenvalue weighted by Gasteiger charge is -2.12. The van der Waals surface area contributed by atoms with Gasteiger partial charge in [-0.1, -0.05) is 18.2 Å². The van der Waals surface area contributed by atoms with Crippen molar-refractivity contribution in [1.82, 2.24) is 10.6 Å². The van der Waals surface area contributed by atoms with E-state index in [2.05, 4.69) is 34.0 Å². The van der Waals surface area contributed by atoms with Crippen molar-refractivity contribution in [1.29, 1.82) is 0 Å². The van der Waals surface area contributed by atoms with Crippen LogP contribution in [0.15, 0.2) is 46.8 Å². The van der Waals surface area contributed by atoms with Crippen LogP contribution in [-0.2, 0) is 6.54 Å². The highest BCUT2D eigenvalue weighted by atomic mass is 127. The molecule has 0 unspecified atom stereocenters. The van der Waals surface area contributed by atoms with Crippen LogP contribution in [0.25, 0.3) is 0 Å². The number of rotatable bonds is 8. The van der Waals surface area contributed by atoms with Crippen LogP contribution in [0.4, 0.5) is 0 Å². The maximum absolute atomic E-state index is 5.68. The zero-order valence-electron chi connectivity index (χ0n) is 14.2. The molecule has 24 heavy (non-hydrogen) atoms. The highest BCUT2D eigenvalue weighted by molar-refractivity contribution is 14.0. The molecule has 132 valence electrons. The van der Waals surface area contributed by atoms with Crippen molar-refractivity contribution in [2.45, 2.75) is 26.3 Å². The van der Waals surface area contributed by atoms with Crippen LogP contribution in [-0.4, -0.2) is 26.2 Å². The third-order valence-corrected chi connectivity index (χ3v) is 4.51. The van der Waals surface area contributed by atoms with E-state index in [0.29, 0.717) is 0 Å². The molecule has 2 aromatic rings. The number of halogens is 1. The molecule has 0 aliphatic rings. The number of hydrogen-bond acceptors (Lipinski definition) is 3. The van der Waals surface area contributed by atoms with Crippen molar-refractivity contribution >= 4 is 41.3 Å². The van der Waals surface area contributed by atoms with E-state index < -0.39 is 0 Å². The second-order valence-corrected chi connectivity index (χ2v) is 6.25. The van der Waals surface area contributed by atoms with Crippen LogP contribution in [0.5, 0.6) is 5.75 Å². The molecule has 0 aliphatic heterocycles. The van der Waals surface area contributed by atoms with Crippen LogP contribution in [0.2, 0.25) is 0 Å². The van der Waals surface area contributed by atoms with E-state index in [1.54, 1.807) is 18.4 Å². The summed E-state index contributed by atoms with van der Waals surface area (Å²) in [5, 5.41) is 8.81. The van der Waals surface area contributed by atoms with Gasteiger partial charge in [-0.25, -0.2) is 0 Å². The number of nitrogens with zero attached hydrogens (tertiary/aromatic N) is 1. The molecule has 4 nitrogen and oxygen atoms in total. The van der Waals surface area contributed by atoms with Gasteiger partial charge in [0, 0.05) is 18.5 Å². The van der Waals surface area contributed by atoms with Gasteiger partial charge < -0.3 is 15.4 Å². The molecular formula is C18H26IN3OS. The summed E-state index contributed by atoms with van der Waals surface area (Å²) in [5.74, 6) is 1.78. The highest BCUT2D eigenvalue weighted by Crippen LogP contribution is 2.14. The number of nitrogens with one attached hydrogen (secondary N) is 2. The molecule has 1 aromatic heterocycles. The standard InChI is InChI=1S/C18H25N3OS.HI/c1-15-10-13-23-17(15)14-21-18(19-2)20-11-6-7-12-22-16-8-4-3-5-9-16;/h3-5,8-10,13H,6-7,11-12,14H2,1-2H3,(H2,19,20,21);1H. The fraction of sp³-hybridized carbons (Fsp3) is 0.389. The predicted octanol–water partition coefficient (Wildman–Crippen LogP) is 4.20. The number of aliphatic imine (C=N–C) groups is 1. The quantitative estimate of drug-likeness (QED) is 0.269. The number of thiophene rings is 1. The van der Waals surface area contributed by atoms with Gasteiger partial charge in [-0.05, 0) is 48.9 Å². The van der Waals surface area contributed by atoms with E-state index in [0.717, 1.165) is 44.2 Å². The number of aryl methyl sites for hydroxylation is 1. The van der Waals surface area contributed by atoms with Gasteiger partial charge in [-0.3, -0.25) is 4.99 Å². The monoisotopic (exact) mass is 459 g/mol. The summed E-state index contributed by atoms with van der Waals surface area (Å²) in [5.41, 5.74) is 1.33. The molecule has 0 saturated heterocycles. The first-order valence-corrected chi connectivity index (χ1v) is 8.83. The predicted molar refractivity (Wildman–Crippen MR) is 114 cm³/mol. The van der Waals surface area contributed by atoms with Gasteiger partial charge in [0.25, 0.3) is 0 Å². The number of guanidine groups is 1. The van der Waals surface area contributed by atoms with E-state index in [4.69, 9.17) is 4.74 Å². The maximum Gasteiger partial charge on any atom is 0.191 e. The van der Waals surface area contributed by atoms with Crippen molar-refractivity contribution in [3.63, 3.8) is 0 Å². The normalized spacial score (nSPS) is 10.8. The minimum absolute atomic E-state index is 0. The van der Waals surface area contributed by atoms with Gasteiger partial charge in [-0.2, -0.15) is 0 Å². The van der Waals surface area contributed by atoms with Crippen LogP contribution in [0, 0.1) is 6.92 Å². The fourth-order valence-corrected chi connectivity index (χ4v) is 2.96. The smallest absolute Gasteiger partial charge is 0.191 e. The molecule has 2 N–H and O–H groups in total. The number of para-hydroxylation sites is 1. The van der Waals surface area contributed by atoms with Crippen LogP contribution in [0.1, 0.15) is 23.3 Å². The molecule has 0 fully saturated rings. The molecule has 6 heteroatoms. The largest absolute Gasteiger partial charge is 0.494 e. The van der Waals surface area contributed by atoms with E-state index in [-0.39, 0.29) is 24.0 Å². The Morgan fingerprint density at radius 3 is 2.58 bits per heavy atom. The van der Waals surface area contributed by atoms with E-state index in [9.17, 15) is 0 Å². The number of unbranched alkanes of at least 4 members (excludes halogenated alkanes) is 1. The van der Waals surface area contributed by atoms with Crippen molar-refractivity contribution in [3.8, 4) is 5.75 Å². The molecule has 1 heterocycles. The first kappa shape index (κ1) is 20.8. The van der Waals surface area contributed by atoms with Crippen molar-refractivity contribution in [3.05, 3.63) is 52.2 Å². The zero-order valence-corrected chi connectivity index (χ0v) is 17.4. The molecule has 2 rings (SSSR count). The summed E-state index contributed by atoms with van der Waals surface area (Å²) in [6, 6.07) is 12.1. The minimum Gasteiger partial charge on any atom is -0.494 e. The SMILES string of the molecule is CN=C(NCCCCOc1ccccc1)NCc1sccc1C.I. The average Bonchev–Trinajstić information content (AvgIpc) is 2.99. The lowest BCUT2D eigenvalue weighted by molar-refractivity contribution is 0.307. The Balaban J connectivity index is 0.00000288. The highest BCUT2D eigenvalue weighted by Gasteiger charge is 2.01. The lowest BCUT2D eigenvalue weighted by Crippen LogP contribution is -2.37. The molecule has 0 amide bonds. The number of hydrogen-bond donors (Lipinski definition) is 2. The summed E-state index contributed by atoms with van der Waals surface area (Å²) in [6.07, 6.45) is 2.06. The molecule has 0 radical (unpaired) electrons. The first-order valence-electron chi connectivity index (χ1n) is 7.95. The zero-order chi connectivity index (χ0) is 16.3. The van der Waals surface area contributed by atoms with Gasteiger partial charge in [-0.15, -0.1) is 35.3 Å². The van der Waals surface area contributed by atoms with Gasteiger partial charge in [0.15, 0.2) is 5.96 Å². The van der Waals surface area contributed by atoms with E-state index in [1.165, 1.54) is 10.4 Å². The van der Waals surface area contributed by atoms with Crippen LogP contribution < -0.4 is 15.4 Å². The summed E-state index contributed by atoms with van der Waals surface area (Å²) >= 11 is 1.77. The van der Waals surface area contributed by atoms with Gasteiger partial charge in [0.05, 0.1) is 13.2 Å². The Bertz CT molecular complexity index is 601. The second kappa shape index (κ2) is 12.1. The topological polar surface area (TPSA) is 45.7 Å². The Morgan fingerprint density at radius 1 is 1.12 bits per heavy atom. The summed E-state index contributed by atoms with van der Waals surface area (Å²) in [4.78, 5) is 5.60. The van der Waals surface area contributed by atoms with Crippen molar-refractivity contribution in [2.75, 3.05) is 20.2 Å². The first-order chi connectivity index (χ1) is 11.3. The Kier molecular flexibility index (Phi) is 10.5. The van der Waals surface area contributed by atoms with E-state index >= 15 is 0 Å². The molecule has 0 spiro atoms. The van der Waals surface area contributed by atoms with Crippen molar-refractivity contribution in [2.24, 2.45) is 4.99 Å². The maximum atomic E-state index is 5.68. The van der Waals surface area contributed by atoms with Crippen LogP contribution in [0.3, 0.4) is 0 Å². The lowest BCUT2D eigenvalue weighted by atomic mass is 10.3. The molecule has 0 bridgehead atoms. The number of ether oxygens (including phenoxy) is 1. The van der Waals surface area contributed by atoms with Gasteiger partial charge in [0.1, 0.15) is 5.75 Å². The summed E-state index contributed by atoms with van der Waals surface area (Å²) in [7, 11) is 1.80. The van der Waals surface area contributed by atoms with Crippen molar-refractivity contribution < 1.29 is 4.74 Å². The molecule has 1 aromatic carbocycles. The third kappa shape index (κ3) is 7.53. The Hall–Kier alpha value is -1.28. The van der Waals surface area contributed by atoms with E-state index in [1.807, 2.05) is 30.3 Å². The van der Waals surface area contributed by atoms with Gasteiger partial charge >= 0.3 is 0 Å². The Labute approximate surface area is 165 Å². The molecule has 0 atom stereocenters. The fourth-order valence-electron chi connectivity index (χ4n) is 2.11.